The fourth-order valence-corrected chi connectivity index (χ4v) is 4.54. The Morgan fingerprint density at radius 2 is 2.03 bits per heavy atom. The largest absolute Gasteiger partial charge is 0.369 e. The van der Waals surface area contributed by atoms with Crippen molar-refractivity contribution >= 4 is 34.6 Å². The van der Waals surface area contributed by atoms with Crippen LogP contribution in [0.4, 0.5) is 4.39 Å². The van der Waals surface area contributed by atoms with Crippen molar-refractivity contribution in [3.63, 3.8) is 0 Å². The van der Waals surface area contributed by atoms with E-state index < -0.39 is 5.31 Å². The minimum atomic E-state index is -2.04. The van der Waals surface area contributed by atoms with E-state index in [0.29, 0.717) is 11.5 Å². The zero-order valence-corrected chi connectivity index (χ0v) is 18.7. The van der Waals surface area contributed by atoms with E-state index in [2.05, 4.69) is 31.7 Å². The van der Waals surface area contributed by atoms with Crippen molar-refractivity contribution in [1.82, 2.24) is 34.6 Å². The zero-order chi connectivity index (χ0) is 22.3. The normalized spacial score (nSPS) is 22.6. The molecule has 2 aliphatic rings. The first kappa shape index (κ1) is 21.1. The third-order valence-electron chi connectivity index (χ3n) is 6.07. The number of imidazole rings is 2. The summed E-state index contributed by atoms with van der Waals surface area (Å²) in [6.07, 6.45) is 13.9. The highest BCUT2D eigenvalue weighted by atomic mass is 31.0. The summed E-state index contributed by atoms with van der Waals surface area (Å²) in [5.41, 5.74) is 0.697. The van der Waals surface area contributed by atoms with Crippen molar-refractivity contribution in [3.8, 4) is 0 Å². The summed E-state index contributed by atoms with van der Waals surface area (Å²) in [5, 5.41) is 4.67. The number of fused-ring (bicyclic) bond motifs is 2. The lowest BCUT2D eigenvalue weighted by atomic mass is 9.91. The van der Waals surface area contributed by atoms with Crippen molar-refractivity contribution in [2.45, 2.75) is 55.9 Å². The lowest BCUT2D eigenvalue weighted by molar-refractivity contribution is 0.0919. The number of halogens is 1. The Hall–Kier alpha value is -2.74. The van der Waals surface area contributed by atoms with E-state index in [9.17, 15) is 9.18 Å². The Kier molecular flexibility index (Phi) is 5.49. The molecule has 0 bridgehead atoms. The lowest BCUT2D eigenvalue weighted by Gasteiger charge is -2.32. The van der Waals surface area contributed by atoms with E-state index in [-0.39, 0.29) is 23.7 Å². The number of alkyl halides is 1. The summed E-state index contributed by atoms with van der Waals surface area (Å²) in [6.45, 7) is 0. The van der Waals surface area contributed by atoms with Crippen molar-refractivity contribution in [2.24, 2.45) is 0 Å². The van der Waals surface area contributed by atoms with Crippen LogP contribution in [0.15, 0.2) is 36.9 Å². The standard InChI is InChI=1S/C21H24BFN7OP/c22-21(23,32)16-12-30-17(3-1-4-18(30)28-16)26-13-5-7-14(8-6-13)27-19(31)15-11-25-20-24-9-2-10-29(15)20/h2-3,9-14,26H,1,4-8,32H2,(H,27,31). The van der Waals surface area contributed by atoms with Crippen LogP contribution in [-0.2, 0) is 11.7 Å². The third-order valence-corrected chi connectivity index (χ3v) is 6.37. The van der Waals surface area contributed by atoms with Gasteiger partial charge in [0.25, 0.3) is 5.91 Å². The van der Waals surface area contributed by atoms with Gasteiger partial charge in [0.2, 0.25) is 5.78 Å². The predicted molar refractivity (Wildman–Crippen MR) is 123 cm³/mol. The molecule has 2 radical (unpaired) electrons. The van der Waals surface area contributed by atoms with Crippen molar-refractivity contribution < 1.29 is 9.18 Å². The number of carbonyl (C=O) groups is 1. The van der Waals surface area contributed by atoms with Crippen LogP contribution < -0.4 is 10.6 Å². The van der Waals surface area contributed by atoms with Crippen LogP contribution in [0, 0.1) is 0 Å². The Morgan fingerprint density at radius 3 is 2.81 bits per heavy atom. The number of hydrogen-bond donors (Lipinski definition) is 2. The Balaban J connectivity index is 1.18. The number of carbonyl (C=O) groups excluding carboxylic acids is 1. The number of nitrogens with zero attached hydrogens (tertiary/aromatic N) is 5. The maximum atomic E-state index is 14.1. The summed E-state index contributed by atoms with van der Waals surface area (Å²) in [4.78, 5) is 25.4. The van der Waals surface area contributed by atoms with Gasteiger partial charge in [-0.25, -0.2) is 19.3 Å². The zero-order valence-electron chi connectivity index (χ0n) is 17.5. The Labute approximate surface area is 188 Å². The van der Waals surface area contributed by atoms with Gasteiger partial charge in [0.1, 0.15) is 30.5 Å². The van der Waals surface area contributed by atoms with Crippen LogP contribution in [0.1, 0.15) is 54.1 Å². The quantitative estimate of drug-likeness (QED) is 0.459. The topological polar surface area (TPSA) is 89.1 Å². The van der Waals surface area contributed by atoms with Gasteiger partial charge in [0.15, 0.2) is 0 Å². The number of aromatic nitrogens is 5. The third kappa shape index (κ3) is 4.16. The van der Waals surface area contributed by atoms with Gasteiger partial charge in [-0.1, -0.05) is 0 Å². The second kappa shape index (κ2) is 8.32. The summed E-state index contributed by atoms with van der Waals surface area (Å²) in [7, 11) is 7.55. The number of allylic oxidation sites excluding steroid dienone is 1. The molecule has 4 heterocycles. The van der Waals surface area contributed by atoms with E-state index in [0.717, 1.165) is 50.2 Å². The first-order valence-corrected chi connectivity index (χ1v) is 11.4. The fourth-order valence-electron chi connectivity index (χ4n) is 4.40. The van der Waals surface area contributed by atoms with Crippen molar-refractivity contribution in [3.05, 3.63) is 54.1 Å². The molecule has 2 unspecified atom stereocenters. The van der Waals surface area contributed by atoms with E-state index in [1.54, 1.807) is 35.3 Å². The molecule has 1 amide bonds. The number of amides is 1. The molecule has 1 fully saturated rings. The molecule has 164 valence electrons. The summed E-state index contributed by atoms with van der Waals surface area (Å²) in [6, 6.07) is 2.16. The number of nitrogens with one attached hydrogen (secondary N) is 2. The second-order valence-electron chi connectivity index (χ2n) is 8.41. The van der Waals surface area contributed by atoms with Gasteiger partial charge in [-0.15, -0.1) is 9.24 Å². The van der Waals surface area contributed by atoms with Gasteiger partial charge >= 0.3 is 0 Å². The Morgan fingerprint density at radius 1 is 1.25 bits per heavy atom. The van der Waals surface area contributed by atoms with Gasteiger partial charge in [-0.3, -0.25) is 13.8 Å². The van der Waals surface area contributed by atoms with Gasteiger partial charge in [-0.2, -0.15) is 0 Å². The number of hydrogen-bond acceptors (Lipinski definition) is 5. The minimum Gasteiger partial charge on any atom is -0.369 e. The van der Waals surface area contributed by atoms with Crippen LogP contribution in [0.3, 0.4) is 0 Å². The molecule has 32 heavy (non-hydrogen) atoms. The van der Waals surface area contributed by atoms with Crippen LogP contribution >= 0.6 is 9.24 Å². The Bertz CT molecular complexity index is 1180. The molecule has 5 rings (SSSR count). The first-order valence-electron chi connectivity index (χ1n) is 10.8. The molecular formula is C21H24BFN7OP. The van der Waals surface area contributed by atoms with E-state index in [1.807, 2.05) is 13.8 Å². The monoisotopic (exact) mass is 451 g/mol. The summed E-state index contributed by atoms with van der Waals surface area (Å²) >= 11 is 0. The average Bonchev–Trinajstić information content (AvgIpc) is 3.40. The fraction of sp³-hybridized carbons (Fsp3) is 0.429. The van der Waals surface area contributed by atoms with Gasteiger partial charge in [-0.05, 0) is 44.2 Å². The molecule has 0 spiro atoms. The highest BCUT2D eigenvalue weighted by molar-refractivity contribution is 7.21. The molecule has 0 aromatic carbocycles. The highest BCUT2D eigenvalue weighted by Gasteiger charge is 2.28. The van der Waals surface area contributed by atoms with Crippen LogP contribution in [0.2, 0.25) is 0 Å². The van der Waals surface area contributed by atoms with Gasteiger partial charge < -0.3 is 10.6 Å². The van der Waals surface area contributed by atoms with Gasteiger partial charge in [0, 0.05) is 37.1 Å². The molecular weight excluding hydrogens is 427 g/mol. The smallest absolute Gasteiger partial charge is 0.270 e. The molecule has 1 saturated carbocycles. The number of rotatable bonds is 5. The van der Waals surface area contributed by atoms with Crippen LogP contribution in [0.5, 0.6) is 0 Å². The van der Waals surface area contributed by atoms with Crippen LogP contribution in [0.25, 0.3) is 11.6 Å². The molecule has 11 heteroatoms. The molecule has 3 aromatic heterocycles. The predicted octanol–water partition coefficient (Wildman–Crippen LogP) is 2.12. The van der Waals surface area contributed by atoms with Crippen LogP contribution in [-0.4, -0.2) is 49.8 Å². The highest BCUT2D eigenvalue weighted by Crippen LogP contribution is 2.31. The molecule has 2 N–H and O–H groups in total. The molecule has 0 saturated heterocycles. The van der Waals surface area contributed by atoms with E-state index >= 15 is 0 Å². The molecule has 3 aromatic rings. The van der Waals surface area contributed by atoms with E-state index in [4.69, 9.17) is 7.85 Å². The maximum Gasteiger partial charge on any atom is 0.270 e. The van der Waals surface area contributed by atoms with E-state index in [1.165, 1.54) is 0 Å². The molecule has 1 aliphatic carbocycles. The SMILES string of the molecule is [B]C(F)(P)c1cn2c(n1)CCC=C2NC1CCC(NC(=O)c2cnc3ncccn23)CC1. The summed E-state index contributed by atoms with van der Waals surface area (Å²) in [5.74, 6) is 2.10. The second-order valence-corrected chi connectivity index (χ2v) is 9.25. The maximum absolute atomic E-state index is 14.1. The summed E-state index contributed by atoms with van der Waals surface area (Å²) < 4.78 is 17.7. The van der Waals surface area contributed by atoms with Crippen molar-refractivity contribution in [2.75, 3.05) is 0 Å². The van der Waals surface area contributed by atoms with Gasteiger partial charge in [0.05, 0.1) is 11.9 Å². The molecule has 2 atom stereocenters. The average molecular weight is 451 g/mol. The first-order chi connectivity index (χ1) is 15.4. The molecule has 8 nitrogen and oxygen atoms in total. The van der Waals surface area contributed by atoms with Crippen molar-refractivity contribution in [1.29, 1.82) is 0 Å². The molecule has 1 aliphatic heterocycles. The lowest BCUT2D eigenvalue weighted by Crippen LogP contribution is -2.42. The number of aryl methyl sites for hydroxylation is 1. The minimum absolute atomic E-state index is 0.111.